The van der Waals surface area contributed by atoms with Gasteiger partial charge in [0.15, 0.2) is 0 Å². The first-order valence-electron chi connectivity index (χ1n) is 8.57. The summed E-state index contributed by atoms with van der Waals surface area (Å²) in [5.41, 5.74) is 0.851. The van der Waals surface area contributed by atoms with E-state index in [1.165, 1.54) is 22.2 Å². The predicted molar refractivity (Wildman–Crippen MR) is 109 cm³/mol. The van der Waals surface area contributed by atoms with Crippen LogP contribution in [0.4, 0.5) is 0 Å². The van der Waals surface area contributed by atoms with E-state index in [0.29, 0.717) is 28.3 Å². The molecule has 6 nitrogen and oxygen atoms in total. The molecular formula is C19H21ClN4O2S. The number of fused-ring (bicyclic) bond motifs is 1. The molecule has 8 heteroatoms. The molecule has 0 bridgehead atoms. The van der Waals surface area contributed by atoms with E-state index in [2.05, 4.69) is 10.3 Å². The molecule has 0 aliphatic rings. The lowest BCUT2D eigenvalue weighted by Gasteiger charge is -2.26. The van der Waals surface area contributed by atoms with Crippen molar-refractivity contribution in [2.75, 3.05) is 20.6 Å². The predicted octanol–water partition coefficient (Wildman–Crippen LogP) is 2.92. The number of hydrogen-bond acceptors (Lipinski definition) is 5. The molecule has 0 radical (unpaired) electrons. The summed E-state index contributed by atoms with van der Waals surface area (Å²) < 4.78 is 1.48. The molecule has 0 aliphatic carbocycles. The normalized spacial score (nSPS) is 12.4. The van der Waals surface area contributed by atoms with E-state index in [1.54, 1.807) is 6.07 Å². The summed E-state index contributed by atoms with van der Waals surface area (Å²) in [7, 11) is 3.89. The number of likely N-dealkylation sites (N-methyl/N-ethyl adjacent to an activating group) is 1. The maximum absolute atomic E-state index is 12.4. The molecule has 27 heavy (non-hydrogen) atoms. The highest BCUT2D eigenvalue weighted by atomic mass is 35.5. The Hall–Kier alpha value is -2.22. The molecule has 1 amide bonds. The van der Waals surface area contributed by atoms with Gasteiger partial charge >= 0.3 is 0 Å². The highest BCUT2D eigenvalue weighted by molar-refractivity contribution is 7.16. The molecule has 0 spiro atoms. The number of amides is 1. The van der Waals surface area contributed by atoms with Crippen molar-refractivity contribution in [2.45, 2.75) is 19.0 Å². The number of benzene rings is 1. The Balaban J connectivity index is 1.60. The molecule has 3 rings (SSSR count). The molecule has 0 saturated heterocycles. The Kier molecular flexibility index (Phi) is 6.26. The van der Waals surface area contributed by atoms with Crippen LogP contribution >= 0.6 is 22.9 Å². The molecule has 2 heterocycles. The summed E-state index contributed by atoms with van der Waals surface area (Å²) in [6.45, 7) is 0.731. The maximum atomic E-state index is 12.4. The summed E-state index contributed by atoms with van der Waals surface area (Å²) >= 11 is 7.72. The summed E-state index contributed by atoms with van der Waals surface area (Å²) in [4.78, 5) is 31.6. The minimum Gasteiger partial charge on any atom is -0.354 e. The van der Waals surface area contributed by atoms with Gasteiger partial charge in [0.25, 0.3) is 5.56 Å². The topological polar surface area (TPSA) is 67.2 Å². The van der Waals surface area contributed by atoms with Gasteiger partial charge in [0.2, 0.25) is 5.91 Å². The average Bonchev–Trinajstić information content (AvgIpc) is 3.12. The number of nitrogens with one attached hydrogen (secondary N) is 1. The molecule has 142 valence electrons. The second kappa shape index (κ2) is 8.65. The van der Waals surface area contributed by atoms with Crippen LogP contribution in [0.2, 0.25) is 5.02 Å². The van der Waals surface area contributed by atoms with Crippen LogP contribution in [0.5, 0.6) is 0 Å². The van der Waals surface area contributed by atoms with E-state index in [0.717, 1.165) is 5.56 Å². The van der Waals surface area contributed by atoms with Crippen molar-refractivity contribution < 1.29 is 4.79 Å². The highest BCUT2D eigenvalue weighted by Gasteiger charge is 2.18. The van der Waals surface area contributed by atoms with Gasteiger partial charge < -0.3 is 10.2 Å². The summed E-state index contributed by atoms with van der Waals surface area (Å²) in [5.74, 6) is -0.119. The second-order valence-corrected chi connectivity index (χ2v) is 7.74. The molecule has 1 N–H and O–H groups in total. The third kappa shape index (κ3) is 4.55. The Bertz CT molecular complexity index is 999. The number of carbonyl (C=O) groups excluding carboxylic acids is 1. The van der Waals surface area contributed by atoms with E-state index in [-0.39, 0.29) is 23.9 Å². The first-order valence-corrected chi connectivity index (χ1v) is 9.83. The Morgan fingerprint density at radius 1 is 1.33 bits per heavy atom. The zero-order valence-electron chi connectivity index (χ0n) is 15.2. The molecule has 1 aromatic carbocycles. The fourth-order valence-corrected chi connectivity index (χ4v) is 3.87. The molecule has 3 aromatic rings. The van der Waals surface area contributed by atoms with Gasteiger partial charge in [-0.3, -0.25) is 14.2 Å². The Morgan fingerprint density at radius 2 is 2.11 bits per heavy atom. The van der Waals surface area contributed by atoms with Gasteiger partial charge in [0.1, 0.15) is 4.83 Å². The molecular weight excluding hydrogens is 384 g/mol. The Labute approximate surface area is 166 Å². The minimum atomic E-state index is -0.119. The molecule has 0 saturated carbocycles. The van der Waals surface area contributed by atoms with Crippen molar-refractivity contribution in [3.63, 3.8) is 0 Å². The van der Waals surface area contributed by atoms with Crippen LogP contribution in [0.25, 0.3) is 10.2 Å². The quantitative estimate of drug-likeness (QED) is 0.657. The summed E-state index contributed by atoms with van der Waals surface area (Å²) in [6.07, 6.45) is 1.71. The van der Waals surface area contributed by atoms with Crippen LogP contribution < -0.4 is 10.9 Å². The first-order chi connectivity index (χ1) is 13.0. The van der Waals surface area contributed by atoms with Crippen molar-refractivity contribution in [3.05, 3.63) is 63.0 Å². The lowest BCUT2D eigenvalue weighted by Crippen LogP contribution is -2.35. The molecule has 0 unspecified atom stereocenters. The van der Waals surface area contributed by atoms with Crippen LogP contribution in [-0.2, 0) is 11.3 Å². The minimum absolute atomic E-state index is 0.0332. The maximum Gasteiger partial charge on any atom is 0.262 e. The SMILES string of the molecule is CN(C)[C@H](CNC(=O)CCn1cnc2sccc2c1=O)c1ccccc1Cl. The van der Waals surface area contributed by atoms with E-state index < -0.39 is 0 Å². The van der Waals surface area contributed by atoms with Crippen LogP contribution in [-0.4, -0.2) is 41.0 Å². The number of nitrogens with zero attached hydrogens (tertiary/aromatic N) is 3. The number of thiophene rings is 1. The van der Waals surface area contributed by atoms with Crippen LogP contribution in [0.3, 0.4) is 0 Å². The van der Waals surface area contributed by atoms with Gasteiger partial charge in [-0.05, 0) is 37.2 Å². The van der Waals surface area contributed by atoms with Crippen molar-refractivity contribution in [1.29, 1.82) is 0 Å². The van der Waals surface area contributed by atoms with Gasteiger partial charge in [0, 0.05) is 24.5 Å². The van der Waals surface area contributed by atoms with E-state index in [9.17, 15) is 9.59 Å². The van der Waals surface area contributed by atoms with Crippen molar-refractivity contribution in [2.24, 2.45) is 0 Å². The standard InChI is InChI=1S/C19H21ClN4O2S/c1-23(2)16(13-5-3-4-6-15(13)20)11-21-17(25)7-9-24-12-22-18-14(19(24)26)8-10-27-18/h3-6,8,10,12,16H,7,9,11H2,1-2H3,(H,21,25)/t16-/m1/s1. The van der Waals surface area contributed by atoms with E-state index in [4.69, 9.17) is 11.6 Å². The van der Waals surface area contributed by atoms with E-state index >= 15 is 0 Å². The van der Waals surface area contributed by atoms with Crippen LogP contribution in [0, 0.1) is 0 Å². The number of aryl methyl sites for hydroxylation is 1. The molecule has 0 fully saturated rings. The van der Waals surface area contributed by atoms with E-state index in [1.807, 2.05) is 48.6 Å². The summed E-state index contributed by atoms with van der Waals surface area (Å²) in [6, 6.07) is 9.34. The van der Waals surface area contributed by atoms with Crippen molar-refractivity contribution >= 4 is 39.1 Å². The number of aromatic nitrogens is 2. The number of hydrogen-bond donors (Lipinski definition) is 1. The number of carbonyl (C=O) groups is 1. The van der Waals surface area contributed by atoms with Gasteiger partial charge in [-0.1, -0.05) is 29.8 Å². The van der Waals surface area contributed by atoms with Gasteiger partial charge in [-0.15, -0.1) is 11.3 Å². The number of halogens is 1. The van der Waals surface area contributed by atoms with Gasteiger partial charge in [0.05, 0.1) is 17.8 Å². The zero-order valence-corrected chi connectivity index (χ0v) is 16.8. The molecule has 0 aliphatic heterocycles. The van der Waals surface area contributed by atoms with Crippen LogP contribution in [0.1, 0.15) is 18.0 Å². The lowest BCUT2D eigenvalue weighted by molar-refractivity contribution is -0.121. The fourth-order valence-electron chi connectivity index (χ4n) is 2.89. The monoisotopic (exact) mass is 404 g/mol. The van der Waals surface area contributed by atoms with Gasteiger partial charge in [-0.2, -0.15) is 0 Å². The average molecular weight is 405 g/mol. The smallest absolute Gasteiger partial charge is 0.262 e. The lowest BCUT2D eigenvalue weighted by atomic mass is 10.1. The third-order valence-corrected chi connectivity index (χ3v) is 5.58. The first kappa shape index (κ1) is 19.5. The summed E-state index contributed by atoms with van der Waals surface area (Å²) in [5, 5.41) is 6.04. The second-order valence-electron chi connectivity index (χ2n) is 6.44. The molecule has 2 aromatic heterocycles. The van der Waals surface area contributed by atoms with Gasteiger partial charge in [-0.25, -0.2) is 4.98 Å². The van der Waals surface area contributed by atoms with Crippen LogP contribution in [0.15, 0.2) is 46.8 Å². The van der Waals surface area contributed by atoms with Crippen molar-refractivity contribution in [1.82, 2.24) is 19.8 Å². The van der Waals surface area contributed by atoms with Crippen molar-refractivity contribution in [3.8, 4) is 0 Å². The largest absolute Gasteiger partial charge is 0.354 e. The Morgan fingerprint density at radius 3 is 2.85 bits per heavy atom. The molecule has 1 atom stereocenters. The number of rotatable bonds is 7. The fraction of sp³-hybridized carbons (Fsp3) is 0.316. The highest BCUT2D eigenvalue weighted by Crippen LogP contribution is 2.25. The third-order valence-electron chi connectivity index (χ3n) is 4.41. The zero-order chi connectivity index (χ0) is 19.4.